The molecule has 0 heterocycles. The third-order valence-corrected chi connectivity index (χ3v) is 4.48. The fourth-order valence-corrected chi connectivity index (χ4v) is 3.24. The van der Waals surface area contributed by atoms with Crippen LogP contribution >= 0.6 is 7.37 Å². The standard InChI is InChI=1S/C20H25O6P/c1-24-18-8-7-14(10-20(18)26-27(3,4)23)5-6-15-9-16(12-21)17(13-22)19(11-15)25-2/h5-11,21-22H,12-13H2,1-4H3/b6-5-. The second kappa shape index (κ2) is 9.09. The van der Waals surface area contributed by atoms with Crippen molar-refractivity contribution in [3.05, 3.63) is 52.6 Å². The number of hydrogen-bond acceptors (Lipinski definition) is 6. The van der Waals surface area contributed by atoms with E-state index in [1.807, 2.05) is 18.2 Å². The highest BCUT2D eigenvalue weighted by Crippen LogP contribution is 2.43. The fourth-order valence-electron chi connectivity index (χ4n) is 2.62. The fraction of sp³-hybridized carbons (Fsp3) is 0.300. The van der Waals surface area contributed by atoms with Crippen LogP contribution in [0.5, 0.6) is 17.2 Å². The van der Waals surface area contributed by atoms with Gasteiger partial charge in [0.25, 0.3) is 0 Å². The maximum atomic E-state index is 12.0. The van der Waals surface area contributed by atoms with Gasteiger partial charge >= 0.3 is 0 Å². The number of aliphatic hydroxyl groups is 2. The molecule has 6 nitrogen and oxygen atoms in total. The lowest BCUT2D eigenvalue weighted by molar-refractivity contribution is 0.254. The van der Waals surface area contributed by atoms with Crippen LogP contribution in [-0.4, -0.2) is 37.8 Å². The molecule has 2 N–H and O–H groups in total. The molecule has 2 aromatic rings. The molecule has 0 spiro atoms. The molecule has 0 amide bonds. The molecular formula is C20H25O6P. The Bertz CT molecular complexity index is 844. The highest BCUT2D eigenvalue weighted by molar-refractivity contribution is 7.57. The van der Waals surface area contributed by atoms with Crippen LogP contribution in [0, 0.1) is 0 Å². The molecule has 0 saturated carbocycles. The van der Waals surface area contributed by atoms with Gasteiger partial charge in [-0.3, -0.25) is 4.57 Å². The first-order valence-electron chi connectivity index (χ1n) is 8.33. The minimum absolute atomic E-state index is 0.198. The van der Waals surface area contributed by atoms with Crippen LogP contribution in [0.2, 0.25) is 0 Å². The van der Waals surface area contributed by atoms with Crippen LogP contribution in [0.1, 0.15) is 22.3 Å². The van der Waals surface area contributed by atoms with Gasteiger partial charge in [-0.15, -0.1) is 0 Å². The molecule has 0 unspecified atom stereocenters. The number of ether oxygens (including phenoxy) is 2. The summed E-state index contributed by atoms with van der Waals surface area (Å²) in [5.74, 6) is 1.44. The first kappa shape index (κ1) is 21.0. The molecular weight excluding hydrogens is 367 g/mol. The van der Waals surface area contributed by atoms with Crippen molar-refractivity contribution < 1.29 is 28.8 Å². The normalized spacial score (nSPS) is 11.6. The molecule has 2 aromatic carbocycles. The summed E-state index contributed by atoms with van der Waals surface area (Å²) in [7, 11) is 0.318. The molecule has 0 bridgehead atoms. The third kappa shape index (κ3) is 5.60. The second-order valence-corrected chi connectivity index (χ2v) is 8.95. The molecule has 27 heavy (non-hydrogen) atoms. The Kier molecular flexibility index (Phi) is 7.08. The Morgan fingerprint density at radius 3 is 2.07 bits per heavy atom. The van der Waals surface area contributed by atoms with Gasteiger partial charge in [-0.1, -0.05) is 18.2 Å². The summed E-state index contributed by atoms with van der Waals surface area (Å²) in [6, 6.07) is 8.93. The van der Waals surface area contributed by atoms with E-state index in [9.17, 15) is 14.8 Å². The highest BCUT2D eigenvalue weighted by atomic mass is 31.2. The van der Waals surface area contributed by atoms with Crippen LogP contribution < -0.4 is 14.0 Å². The van der Waals surface area contributed by atoms with Crippen molar-refractivity contribution in [2.45, 2.75) is 13.2 Å². The SMILES string of the molecule is COc1ccc(/C=C\c2cc(CO)c(CO)c(OC)c2)cc1OP(C)(C)=O. The van der Waals surface area contributed by atoms with Crippen molar-refractivity contribution in [1.29, 1.82) is 0 Å². The summed E-state index contributed by atoms with van der Waals surface area (Å²) in [6.45, 7) is 2.67. The Balaban J connectivity index is 2.37. The molecule has 0 radical (unpaired) electrons. The Labute approximate surface area is 159 Å². The van der Waals surface area contributed by atoms with Crippen molar-refractivity contribution in [2.75, 3.05) is 27.5 Å². The summed E-state index contributed by atoms with van der Waals surface area (Å²) in [6.07, 6.45) is 3.71. The number of rotatable bonds is 8. The number of aliphatic hydroxyl groups excluding tert-OH is 2. The first-order valence-corrected chi connectivity index (χ1v) is 10.9. The minimum atomic E-state index is -2.73. The lowest BCUT2D eigenvalue weighted by Gasteiger charge is -2.14. The van der Waals surface area contributed by atoms with Crippen molar-refractivity contribution in [3.8, 4) is 17.2 Å². The van der Waals surface area contributed by atoms with Gasteiger partial charge in [-0.2, -0.15) is 0 Å². The summed E-state index contributed by atoms with van der Waals surface area (Å²) in [4.78, 5) is 0. The summed E-state index contributed by atoms with van der Waals surface area (Å²) in [5, 5.41) is 19.0. The molecule has 2 rings (SSSR count). The lowest BCUT2D eigenvalue weighted by Crippen LogP contribution is -1.99. The topological polar surface area (TPSA) is 85.2 Å². The monoisotopic (exact) mass is 392 g/mol. The van der Waals surface area contributed by atoms with E-state index in [0.29, 0.717) is 28.4 Å². The van der Waals surface area contributed by atoms with Gasteiger partial charge in [-0.25, -0.2) is 0 Å². The molecule has 0 aliphatic rings. The Morgan fingerprint density at radius 1 is 0.889 bits per heavy atom. The van der Waals surface area contributed by atoms with E-state index < -0.39 is 7.37 Å². The maximum absolute atomic E-state index is 12.0. The van der Waals surface area contributed by atoms with Gasteiger partial charge in [0.2, 0.25) is 7.37 Å². The van der Waals surface area contributed by atoms with Crippen molar-refractivity contribution in [2.24, 2.45) is 0 Å². The average Bonchev–Trinajstić information content (AvgIpc) is 2.64. The molecule has 0 atom stereocenters. The summed E-state index contributed by atoms with van der Waals surface area (Å²) in [5.41, 5.74) is 2.81. The smallest absolute Gasteiger partial charge is 0.242 e. The van der Waals surface area contributed by atoms with Gasteiger partial charge < -0.3 is 24.2 Å². The van der Waals surface area contributed by atoms with E-state index in [2.05, 4.69) is 0 Å². The van der Waals surface area contributed by atoms with Crippen LogP contribution in [-0.2, 0) is 17.8 Å². The summed E-state index contributed by atoms with van der Waals surface area (Å²) >= 11 is 0. The predicted molar refractivity (Wildman–Crippen MR) is 107 cm³/mol. The average molecular weight is 392 g/mol. The second-order valence-electron chi connectivity index (χ2n) is 6.26. The molecule has 0 aromatic heterocycles. The number of benzene rings is 2. The molecule has 0 aliphatic carbocycles. The van der Waals surface area contributed by atoms with Crippen LogP contribution in [0.4, 0.5) is 0 Å². The van der Waals surface area contributed by atoms with E-state index in [1.165, 1.54) is 14.2 Å². The maximum Gasteiger partial charge on any atom is 0.242 e. The van der Waals surface area contributed by atoms with Crippen LogP contribution in [0.15, 0.2) is 30.3 Å². The quantitative estimate of drug-likeness (QED) is 0.525. The molecule has 0 fully saturated rings. The molecule has 7 heteroatoms. The van der Waals surface area contributed by atoms with Crippen molar-refractivity contribution in [1.82, 2.24) is 0 Å². The third-order valence-electron chi connectivity index (χ3n) is 3.85. The van der Waals surface area contributed by atoms with Gasteiger partial charge in [0, 0.05) is 18.9 Å². The van der Waals surface area contributed by atoms with Crippen LogP contribution in [0.3, 0.4) is 0 Å². The molecule has 146 valence electrons. The molecule has 0 aliphatic heterocycles. The summed E-state index contributed by atoms with van der Waals surface area (Å²) < 4.78 is 28.1. The van der Waals surface area contributed by atoms with Crippen molar-refractivity contribution >= 4 is 19.5 Å². The van der Waals surface area contributed by atoms with Crippen molar-refractivity contribution in [3.63, 3.8) is 0 Å². The predicted octanol–water partition coefficient (Wildman–Crippen LogP) is 3.78. The zero-order valence-electron chi connectivity index (χ0n) is 15.9. The van der Waals surface area contributed by atoms with E-state index in [4.69, 9.17) is 14.0 Å². The number of methoxy groups -OCH3 is 2. The number of hydrogen-bond donors (Lipinski definition) is 2. The zero-order valence-corrected chi connectivity index (χ0v) is 16.8. The van der Waals surface area contributed by atoms with Gasteiger partial charge in [0.05, 0.1) is 27.4 Å². The van der Waals surface area contributed by atoms with Gasteiger partial charge in [0.1, 0.15) is 5.75 Å². The van der Waals surface area contributed by atoms with Gasteiger partial charge in [-0.05, 0) is 41.0 Å². The zero-order chi connectivity index (χ0) is 20.0. The molecule has 0 saturated heterocycles. The van der Waals surface area contributed by atoms with E-state index in [0.717, 1.165) is 11.1 Å². The van der Waals surface area contributed by atoms with Gasteiger partial charge in [0.15, 0.2) is 11.5 Å². The largest absolute Gasteiger partial charge is 0.496 e. The van der Waals surface area contributed by atoms with E-state index >= 15 is 0 Å². The van der Waals surface area contributed by atoms with E-state index in [1.54, 1.807) is 37.6 Å². The highest BCUT2D eigenvalue weighted by Gasteiger charge is 2.14. The van der Waals surface area contributed by atoms with Crippen LogP contribution in [0.25, 0.3) is 12.2 Å². The van der Waals surface area contributed by atoms with E-state index in [-0.39, 0.29) is 13.2 Å². The first-order chi connectivity index (χ1) is 12.8. The minimum Gasteiger partial charge on any atom is -0.496 e. The Morgan fingerprint density at radius 2 is 1.52 bits per heavy atom. The Hall–Kier alpha value is -2.27. The lowest BCUT2D eigenvalue weighted by atomic mass is 10.0.